The second-order valence-corrected chi connectivity index (χ2v) is 4.36. The summed E-state index contributed by atoms with van der Waals surface area (Å²) in [5.41, 5.74) is 0.336. The first-order valence-electron chi connectivity index (χ1n) is 5.85. The third kappa shape index (κ3) is 3.66. The van der Waals surface area contributed by atoms with Gasteiger partial charge in [0.2, 0.25) is 0 Å². The predicted octanol–water partition coefficient (Wildman–Crippen LogP) is 3.10. The van der Waals surface area contributed by atoms with Crippen molar-refractivity contribution in [1.82, 2.24) is 9.97 Å². The number of nitrogens with zero attached hydrogens (tertiary/aromatic N) is 2. The molecule has 0 aliphatic carbocycles. The van der Waals surface area contributed by atoms with Crippen molar-refractivity contribution in [2.75, 3.05) is 11.9 Å². The Balaban J connectivity index is 2.86. The van der Waals surface area contributed by atoms with E-state index < -0.39 is 0 Å². The van der Waals surface area contributed by atoms with Crippen LogP contribution in [-0.2, 0) is 0 Å². The number of nitrogens with one attached hydrogen (secondary N) is 1. The van der Waals surface area contributed by atoms with Gasteiger partial charge in [-0.3, -0.25) is 4.79 Å². The third-order valence-electron chi connectivity index (χ3n) is 2.84. The quantitative estimate of drug-likeness (QED) is 0.627. The van der Waals surface area contributed by atoms with E-state index in [4.69, 9.17) is 11.6 Å². The summed E-state index contributed by atoms with van der Waals surface area (Å²) in [7, 11) is 0. The van der Waals surface area contributed by atoms with Crippen molar-refractivity contribution in [2.24, 2.45) is 5.92 Å². The number of halogens is 1. The number of carbonyl (C=O) groups is 1. The van der Waals surface area contributed by atoms with Crippen LogP contribution in [0.3, 0.4) is 0 Å². The highest BCUT2D eigenvalue weighted by atomic mass is 35.5. The lowest BCUT2D eigenvalue weighted by molar-refractivity contribution is 0.112. The molecule has 0 aliphatic heterocycles. The van der Waals surface area contributed by atoms with E-state index in [0.717, 1.165) is 19.4 Å². The van der Waals surface area contributed by atoms with Crippen LogP contribution >= 0.6 is 11.6 Å². The van der Waals surface area contributed by atoms with Crippen molar-refractivity contribution in [3.05, 3.63) is 16.5 Å². The molecule has 0 aromatic carbocycles. The molecule has 1 aromatic heterocycles. The summed E-state index contributed by atoms with van der Waals surface area (Å²) in [4.78, 5) is 19.1. The van der Waals surface area contributed by atoms with Gasteiger partial charge in [-0.1, -0.05) is 38.3 Å². The maximum atomic E-state index is 10.9. The number of hydrogen-bond donors (Lipinski definition) is 1. The van der Waals surface area contributed by atoms with E-state index in [1.54, 1.807) is 6.92 Å². The third-order valence-corrected chi connectivity index (χ3v) is 3.13. The van der Waals surface area contributed by atoms with Crippen molar-refractivity contribution < 1.29 is 4.79 Å². The van der Waals surface area contributed by atoms with E-state index >= 15 is 0 Å². The van der Waals surface area contributed by atoms with Crippen LogP contribution in [0.5, 0.6) is 0 Å². The number of aldehydes is 1. The molecule has 0 aliphatic rings. The van der Waals surface area contributed by atoms with Gasteiger partial charge in [-0.05, 0) is 12.8 Å². The average molecular weight is 256 g/mol. The lowest BCUT2D eigenvalue weighted by Gasteiger charge is -2.15. The maximum Gasteiger partial charge on any atom is 0.156 e. The first-order chi connectivity index (χ1) is 8.12. The number of carbonyl (C=O) groups excluding carboxylic acids is 1. The maximum absolute atomic E-state index is 10.9. The minimum atomic E-state index is 0.208. The fourth-order valence-electron chi connectivity index (χ4n) is 1.60. The Morgan fingerprint density at radius 2 is 2.00 bits per heavy atom. The Morgan fingerprint density at radius 1 is 1.35 bits per heavy atom. The molecule has 0 amide bonds. The standard InChI is InChI=1S/C12H18ClN3O/c1-4-9(5-2)6-14-12-10(7-17)11(13)15-8(3)16-12/h7,9H,4-6H2,1-3H3,(H,14,15,16). The lowest BCUT2D eigenvalue weighted by atomic mass is 10.0. The SMILES string of the molecule is CCC(CC)CNc1nc(C)nc(Cl)c1C=O. The predicted molar refractivity (Wildman–Crippen MR) is 69.7 cm³/mol. The van der Waals surface area contributed by atoms with E-state index in [2.05, 4.69) is 29.1 Å². The van der Waals surface area contributed by atoms with Gasteiger partial charge in [-0.2, -0.15) is 0 Å². The normalized spacial score (nSPS) is 10.6. The van der Waals surface area contributed by atoms with Crippen LogP contribution in [0.4, 0.5) is 5.82 Å². The van der Waals surface area contributed by atoms with Gasteiger partial charge in [0.05, 0.1) is 5.56 Å². The molecular formula is C12H18ClN3O. The minimum Gasteiger partial charge on any atom is -0.369 e. The Morgan fingerprint density at radius 3 is 2.53 bits per heavy atom. The molecular weight excluding hydrogens is 238 g/mol. The van der Waals surface area contributed by atoms with Crippen molar-refractivity contribution in [1.29, 1.82) is 0 Å². The van der Waals surface area contributed by atoms with E-state index in [1.165, 1.54) is 0 Å². The van der Waals surface area contributed by atoms with Crippen molar-refractivity contribution >= 4 is 23.7 Å². The molecule has 1 heterocycles. The molecule has 5 heteroatoms. The number of hydrogen-bond acceptors (Lipinski definition) is 4. The van der Waals surface area contributed by atoms with E-state index in [0.29, 0.717) is 29.4 Å². The molecule has 0 bridgehead atoms. The fourth-order valence-corrected chi connectivity index (χ4v) is 1.86. The smallest absolute Gasteiger partial charge is 0.156 e. The Labute approximate surface area is 107 Å². The highest BCUT2D eigenvalue weighted by Gasteiger charge is 2.12. The zero-order chi connectivity index (χ0) is 12.8. The molecule has 0 spiro atoms. The molecule has 1 aromatic rings. The summed E-state index contributed by atoms with van der Waals surface area (Å²) in [5.74, 6) is 1.67. The molecule has 0 fully saturated rings. The fraction of sp³-hybridized carbons (Fsp3) is 0.583. The zero-order valence-electron chi connectivity index (χ0n) is 10.5. The molecule has 1 rings (SSSR count). The molecule has 0 radical (unpaired) electrons. The van der Waals surface area contributed by atoms with Gasteiger partial charge in [0, 0.05) is 6.54 Å². The van der Waals surface area contributed by atoms with Crippen LogP contribution in [0, 0.1) is 12.8 Å². The van der Waals surface area contributed by atoms with Crippen LogP contribution in [0.2, 0.25) is 5.15 Å². The molecule has 0 saturated carbocycles. The van der Waals surface area contributed by atoms with Gasteiger partial charge in [-0.15, -0.1) is 0 Å². The topological polar surface area (TPSA) is 54.9 Å². The van der Waals surface area contributed by atoms with Gasteiger partial charge >= 0.3 is 0 Å². The van der Waals surface area contributed by atoms with Crippen molar-refractivity contribution in [3.8, 4) is 0 Å². The molecule has 0 atom stereocenters. The highest BCUT2D eigenvalue weighted by molar-refractivity contribution is 6.32. The van der Waals surface area contributed by atoms with Crippen molar-refractivity contribution in [2.45, 2.75) is 33.6 Å². The van der Waals surface area contributed by atoms with Crippen LogP contribution in [0.1, 0.15) is 42.9 Å². The summed E-state index contributed by atoms with van der Waals surface area (Å²) < 4.78 is 0. The number of rotatable bonds is 6. The largest absolute Gasteiger partial charge is 0.369 e. The van der Waals surface area contributed by atoms with Gasteiger partial charge in [-0.25, -0.2) is 9.97 Å². The first-order valence-corrected chi connectivity index (χ1v) is 6.23. The molecule has 4 nitrogen and oxygen atoms in total. The molecule has 1 N–H and O–H groups in total. The van der Waals surface area contributed by atoms with E-state index in [-0.39, 0.29) is 5.15 Å². The summed E-state index contributed by atoms with van der Waals surface area (Å²) in [6.07, 6.45) is 2.88. The second-order valence-electron chi connectivity index (χ2n) is 4.01. The van der Waals surface area contributed by atoms with Crippen molar-refractivity contribution in [3.63, 3.8) is 0 Å². The second kappa shape index (κ2) is 6.55. The van der Waals surface area contributed by atoms with Crippen LogP contribution < -0.4 is 5.32 Å². The first kappa shape index (κ1) is 13.9. The highest BCUT2D eigenvalue weighted by Crippen LogP contribution is 2.19. The molecule has 0 unspecified atom stereocenters. The number of anilines is 1. The summed E-state index contributed by atoms with van der Waals surface area (Å²) in [6, 6.07) is 0. The molecule has 0 saturated heterocycles. The molecule has 17 heavy (non-hydrogen) atoms. The Kier molecular flexibility index (Phi) is 5.35. The van der Waals surface area contributed by atoms with E-state index in [1.807, 2.05) is 0 Å². The Bertz CT molecular complexity index is 392. The van der Waals surface area contributed by atoms with Gasteiger partial charge in [0.25, 0.3) is 0 Å². The summed E-state index contributed by atoms with van der Waals surface area (Å²) in [6.45, 7) is 6.84. The monoisotopic (exact) mass is 255 g/mol. The Hall–Kier alpha value is -1.16. The average Bonchev–Trinajstić information content (AvgIpc) is 2.29. The van der Waals surface area contributed by atoms with Gasteiger partial charge in [0.15, 0.2) is 6.29 Å². The summed E-state index contributed by atoms with van der Waals surface area (Å²) >= 11 is 5.90. The lowest BCUT2D eigenvalue weighted by Crippen LogP contribution is -2.15. The van der Waals surface area contributed by atoms with Crippen LogP contribution in [0.25, 0.3) is 0 Å². The van der Waals surface area contributed by atoms with Crippen LogP contribution in [0.15, 0.2) is 0 Å². The summed E-state index contributed by atoms with van der Waals surface area (Å²) in [5, 5.41) is 3.39. The van der Waals surface area contributed by atoms with Gasteiger partial charge < -0.3 is 5.32 Å². The number of aryl methyl sites for hydroxylation is 1. The van der Waals surface area contributed by atoms with E-state index in [9.17, 15) is 4.79 Å². The number of aromatic nitrogens is 2. The molecule has 94 valence electrons. The zero-order valence-corrected chi connectivity index (χ0v) is 11.2. The van der Waals surface area contributed by atoms with Crippen LogP contribution in [-0.4, -0.2) is 22.8 Å². The van der Waals surface area contributed by atoms with Gasteiger partial charge in [0.1, 0.15) is 16.8 Å². The minimum absolute atomic E-state index is 0.208.